The number of nitrogens with zero attached hydrogens (tertiary/aromatic N) is 2. The van der Waals surface area contributed by atoms with Gasteiger partial charge in [0.15, 0.2) is 5.78 Å². The maximum Gasteiger partial charge on any atom is 0.151 e. The number of ketones is 1. The standard InChI is InChI=1S/C25H25N3O/c26-15-18-3-7-21(8-4-18)20-5-1-17(2-6-20)13-19(16-27)14-24(29)25-22-9-11-23(28-25)12-10-22/h1-8,19,22-23,25,28H,9-14H2/t19-,22?,23?,25+/m1/s1. The molecule has 0 amide bonds. The van der Waals surface area contributed by atoms with Gasteiger partial charge in [-0.1, -0.05) is 36.4 Å². The highest BCUT2D eigenvalue weighted by Crippen LogP contribution is 2.34. The van der Waals surface area contributed by atoms with Crippen LogP contribution in [0.25, 0.3) is 11.1 Å². The molecule has 4 heteroatoms. The van der Waals surface area contributed by atoms with E-state index >= 15 is 0 Å². The lowest BCUT2D eigenvalue weighted by molar-refractivity contribution is -0.125. The lowest BCUT2D eigenvalue weighted by atomic mass is 9.74. The van der Waals surface area contributed by atoms with Crippen molar-refractivity contribution in [3.63, 3.8) is 0 Å². The van der Waals surface area contributed by atoms with Crippen LogP contribution in [0.3, 0.4) is 0 Å². The van der Waals surface area contributed by atoms with Crippen LogP contribution < -0.4 is 5.32 Å². The van der Waals surface area contributed by atoms with Crippen LogP contribution >= 0.6 is 0 Å². The van der Waals surface area contributed by atoms with Gasteiger partial charge in [0.05, 0.1) is 29.7 Å². The second-order valence-electron chi connectivity index (χ2n) is 8.34. The van der Waals surface area contributed by atoms with E-state index in [4.69, 9.17) is 5.26 Å². The molecule has 2 bridgehead atoms. The van der Waals surface area contributed by atoms with Gasteiger partial charge in [-0.25, -0.2) is 0 Å². The molecule has 1 saturated carbocycles. The van der Waals surface area contributed by atoms with Crippen molar-refractivity contribution in [2.75, 3.05) is 0 Å². The number of nitrogens with one attached hydrogen (secondary N) is 1. The smallest absolute Gasteiger partial charge is 0.151 e. The first-order valence-corrected chi connectivity index (χ1v) is 10.4. The van der Waals surface area contributed by atoms with E-state index < -0.39 is 0 Å². The van der Waals surface area contributed by atoms with Crippen molar-refractivity contribution >= 4 is 5.78 Å². The van der Waals surface area contributed by atoms with Crippen LogP contribution in [-0.2, 0) is 11.2 Å². The number of hydrogen-bond donors (Lipinski definition) is 1. The average molecular weight is 383 g/mol. The molecule has 1 N–H and O–H groups in total. The van der Waals surface area contributed by atoms with Gasteiger partial charge in [-0.2, -0.15) is 10.5 Å². The van der Waals surface area contributed by atoms with Gasteiger partial charge in [-0.3, -0.25) is 4.79 Å². The van der Waals surface area contributed by atoms with Gasteiger partial charge in [0.1, 0.15) is 0 Å². The highest BCUT2D eigenvalue weighted by atomic mass is 16.1. The maximum absolute atomic E-state index is 12.8. The van der Waals surface area contributed by atoms with Gasteiger partial charge in [0.25, 0.3) is 0 Å². The summed E-state index contributed by atoms with van der Waals surface area (Å²) in [5.41, 5.74) is 3.85. The minimum atomic E-state index is -0.287. The predicted molar refractivity (Wildman–Crippen MR) is 112 cm³/mol. The second kappa shape index (κ2) is 8.60. The Balaban J connectivity index is 1.37. The SMILES string of the molecule is N#Cc1ccc(-c2ccc(C[C@@H](C#N)CC(=O)[C@H]3NC4CCC3CC4)cc2)cc1. The van der Waals surface area contributed by atoms with E-state index in [0.29, 0.717) is 30.4 Å². The van der Waals surface area contributed by atoms with Gasteiger partial charge in [0.2, 0.25) is 0 Å². The van der Waals surface area contributed by atoms with Crippen molar-refractivity contribution in [2.45, 2.75) is 50.6 Å². The van der Waals surface area contributed by atoms with E-state index in [0.717, 1.165) is 29.5 Å². The molecule has 2 atom stereocenters. The summed E-state index contributed by atoms with van der Waals surface area (Å²) < 4.78 is 0. The van der Waals surface area contributed by atoms with E-state index in [2.05, 4.69) is 17.5 Å². The molecular formula is C25H25N3O. The second-order valence-corrected chi connectivity index (χ2v) is 8.34. The van der Waals surface area contributed by atoms with Gasteiger partial charge < -0.3 is 5.32 Å². The van der Waals surface area contributed by atoms with Crippen molar-refractivity contribution < 1.29 is 4.79 Å². The Kier molecular flexibility index (Phi) is 5.74. The first-order valence-electron chi connectivity index (χ1n) is 10.4. The van der Waals surface area contributed by atoms with Crippen LogP contribution in [-0.4, -0.2) is 17.9 Å². The molecule has 0 aromatic heterocycles. The maximum atomic E-state index is 12.8. The van der Waals surface area contributed by atoms with Crippen molar-refractivity contribution in [3.05, 3.63) is 59.7 Å². The summed E-state index contributed by atoms with van der Waals surface area (Å²) >= 11 is 0. The highest BCUT2D eigenvalue weighted by Gasteiger charge is 2.39. The topological polar surface area (TPSA) is 76.7 Å². The number of piperidine rings is 2. The number of fused-ring (bicyclic) bond motifs is 3. The molecular weight excluding hydrogens is 358 g/mol. The lowest BCUT2D eigenvalue weighted by Crippen LogP contribution is -2.56. The number of carbonyl (C=O) groups excluding carboxylic acids is 1. The molecule has 2 heterocycles. The van der Waals surface area contributed by atoms with Crippen molar-refractivity contribution in [1.82, 2.24) is 5.32 Å². The summed E-state index contributed by atoms with van der Waals surface area (Å²) in [7, 11) is 0. The number of carbonyl (C=O) groups is 1. The zero-order chi connectivity index (χ0) is 20.2. The fraction of sp³-hybridized carbons (Fsp3) is 0.400. The van der Waals surface area contributed by atoms with E-state index in [1.807, 2.05) is 48.5 Å². The van der Waals surface area contributed by atoms with E-state index in [9.17, 15) is 10.1 Å². The zero-order valence-corrected chi connectivity index (χ0v) is 16.5. The first-order chi connectivity index (χ1) is 14.2. The average Bonchev–Trinajstić information content (AvgIpc) is 2.80. The molecule has 29 heavy (non-hydrogen) atoms. The monoisotopic (exact) mass is 383 g/mol. The quantitative estimate of drug-likeness (QED) is 0.802. The van der Waals surface area contributed by atoms with Crippen molar-refractivity contribution in [1.29, 1.82) is 10.5 Å². The van der Waals surface area contributed by atoms with Gasteiger partial charge in [0, 0.05) is 12.5 Å². The first kappa shape index (κ1) is 19.4. The summed E-state index contributed by atoms with van der Waals surface area (Å²) in [6.07, 6.45) is 5.57. The van der Waals surface area contributed by atoms with Gasteiger partial charge in [-0.15, -0.1) is 0 Å². The zero-order valence-electron chi connectivity index (χ0n) is 16.5. The third kappa shape index (κ3) is 4.39. The van der Waals surface area contributed by atoms with Crippen LogP contribution in [0, 0.1) is 34.5 Å². The van der Waals surface area contributed by atoms with E-state index in [-0.39, 0.29) is 17.7 Å². The molecule has 2 aliphatic heterocycles. The normalized spacial score (nSPS) is 23.7. The number of rotatable bonds is 6. The van der Waals surface area contributed by atoms with Gasteiger partial charge in [-0.05, 0) is 66.8 Å². The molecule has 1 aliphatic carbocycles. The van der Waals surface area contributed by atoms with E-state index in [1.54, 1.807) is 0 Å². The molecule has 2 saturated heterocycles. The van der Waals surface area contributed by atoms with Gasteiger partial charge >= 0.3 is 0 Å². The third-order valence-electron chi connectivity index (χ3n) is 6.42. The Hall–Kier alpha value is -2.95. The fourth-order valence-corrected chi connectivity index (χ4v) is 4.75. The minimum absolute atomic E-state index is 0.0443. The summed E-state index contributed by atoms with van der Waals surface area (Å²) in [5.74, 6) is 0.379. The molecule has 2 aromatic carbocycles. The Morgan fingerprint density at radius 1 is 0.966 bits per heavy atom. The number of hydrogen-bond acceptors (Lipinski definition) is 4. The highest BCUT2D eigenvalue weighted by molar-refractivity contribution is 5.85. The Morgan fingerprint density at radius 3 is 2.10 bits per heavy atom. The Labute approximate surface area is 172 Å². The van der Waals surface area contributed by atoms with E-state index in [1.165, 1.54) is 12.8 Å². The molecule has 0 radical (unpaired) electrons. The number of nitriles is 2. The molecule has 146 valence electrons. The Bertz CT molecular complexity index is 942. The molecule has 0 unspecified atom stereocenters. The molecule has 4 nitrogen and oxygen atoms in total. The van der Waals surface area contributed by atoms with Crippen LogP contribution in [0.5, 0.6) is 0 Å². The van der Waals surface area contributed by atoms with Crippen LogP contribution in [0.15, 0.2) is 48.5 Å². The lowest BCUT2D eigenvalue weighted by Gasteiger charge is -2.43. The van der Waals surface area contributed by atoms with Crippen molar-refractivity contribution in [3.8, 4) is 23.3 Å². The Morgan fingerprint density at radius 2 is 1.59 bits per heavy atom. The van der Waals surface area contributed by atoms with Crippen LogP contribution in [0.4, 0.5) is 0 Å². The molecule has 0 spiro atoms. The fourth-order valence-electron chi connectivity index (χ4n) is 4.75. The summed E-state index contributed by atoms with van der Waals surface area (Å²) in [6.45, 7) is 0. The summed E-state index contributed by atoms with van der Waals surface area (Å²) in [5, 5.41) is 22.0. The molecule has 3 aliphatic rings. The number of benzene rings is 2. The summed E-state index contributed by atoms with van der Waals surface area (Å²) in [6, 6.07) is 20.6. The molecule has 3 fully saturated rings. The van der Waals surface area contributed by atoms with Crippen LogP contribution in [0.1, 0.15) is 43.2 Å². The van der Waals surface area contributed by atoms with Crippen molar-refractivity contribution in [2.24, 2.45) is 11.8 Å². The molecule has 5 rings (SSSR count). The summed E-state index contributed by atoms with van der Waals surface area (Å²) in [4.78, 5) is 12.8. The molecule has 2 aromatic rings. The largest absolute Gasteiger partial charge is 0.304 e. The number of Topliss-reactive ketones (excluding diaryl/α,β-unsaturated/α-hetero) is 1. The van der Waals surface area contributed by atoms with Crippen LogP contribution in [0.2, 0.25) is 0 Å². The minimum Gasteiger partial charge on any atom is -0.304 e. The third-order valence-corrected chi connectivity index (χ3v) is 6.42. The predicted octanol–water partition coefficient (Wildman–Crippen LogP) is 4.40.